The van der Waals surface area contributed by atoms with Crippen LogP contribution in [0.5, 0.6) is 0 Å². The molecular weight excluding hydrogens is 214 g/mol. The third kappa shape index (κ3) is 2.28. The van der Waals surface area contributed by atoms with Crippen LogP contribution in [-0.4, -0.2) is 43.2 Å². The molecule has 1 spiro atoms. The van der Waals surface area contributed by atoms with Gasteiger partial charge in [0, 0.05) is 13.7 Å². The number of ether oxygens (including phenoxy) is 1. The van der Waals surface area contributed by atoms with Crippen molar-refractivity contribution in [2.24, 2.45) is 22.6 Å². The molecule has 3 unspecified atom stereocenters. The summed E-state index contributed by atoms with van der Waals surface area (Å²) in [6.07, 6.45) is 3.71. The van der Waals surface area contributed by atoms with Crippen LogP contribution in [0.4, 0.5) is 0 Å². The van der Waals surface area contributed by atoms with Gasteiger partial charge in [0.2, 0.25) is 0 Å². The van der Waals surface area contributed by atoms with Gasteiger partial charge in [-0.15, -0.1) is 0 Å². The van der Waals surface area contributed by atoms with Gasteiger partial charge in [-0.1, -0.05) is 13.8 Å². The Morgan fingerprint density at radius 2 is 2.24 bits per heavy atom. The molecule has 0 saturated heterocycles. The van der Waals surface area contributed by atoms with Crippen molar-refractivity contribution < 1.29 is 4.74 Å². The second-order valence-corrected chi connectivity index (χ2v) is 5.74. The fourth-order valence-electron chi connectivity index (χ4n) is 3.25. The molecule has 2 rings (SSSR count). The van der Waals surface area contributed by atoms with E-state index in [0.29, 0.717) is 5.96 Å². The summed E-state index contributed by atoms with van der Waals surface area (Å²) in [6.45, 7) is 7.18. The van der Waals surface area contributed by atoms with E-state index in [0.717, 1.165) is 31.5 Å². The van der Waals surface area contributed by atoms with Gasteiger partial charge in [0.25, 0.3) is 0 Å². The number of hydrogen-bond donors (Lipinski definition) is 1. The Labute approximate surface area is 104 Å². The van der Waals surface area contributed by atoms with Gasteiger partial charge in [-0.2, -0.15) is 0 Å². The molecule has 0 bridgehead atoms. The summed E-state index contributed by atoms with van der Waals surface area (Å²) in [6, 6.07) is 0. The van der Waals surface area contributed by atoms with Crippen LogP contribution in [0.1, 0.15) is 33.1 Å². The van der Waals surface area contributed by atoms with Gasteiger partial charge in [-0.05, 0) is 31.1 Å². The molecule has 3 atom stereocenters. The Kier molecular flexibility index (Phi) is 3.61. The van der Waals surface area contributed by atoms with Crippen LogP contribution in [0, 0.1) is 11.8 Å². The molecule has 0 amide bonds. The van der Waals surface area contributed by atoms with E-state index in [1.165, 1.54) is 19.3 Å². The molecule has 4 heteroatoms. The molecule has 2 N–H and O–H groups in total. The number of guanidine groups is 1. The van der Waals surface area contributed by atoms with Crippen LogP contribution >= 0.6 is 0 Å². The predicted molar refractivity (Wildman–Crippen MR) is 70.0 cm³/mol. The van der Waals surface area contributed by atoms with Crippen molar-refractivity contribution in [3.8, 4) is 0 Å². The van der Waals surface area contributed by atoms with Crippen molar-refractivity contribution in [3.63, 3.8) is 0 Å². The van der Waals surface area contributed by atoms with Crippen LogP contribution in [0.15, 0.2) is 4.99 Å². The standard InChI is InChI=1S/C13H25N3O/c1-10-4-5-13(8-11(10)2)9-15-12(14)16(13)6-7-17-3/h10-11H,4-9H2,1-3H3,(H2,14,15). The lowest BCUT2D eigenvalue weighted by Gasteiger charge is -2.46. The number of nitrogens with zero attached hydrogens (tertiary/aromatic N) is 2. The van der Waals surface area contributed by atoms with Gasteiger partial charge in [-0.25, -0.2) is 0 Å². The van der Waals surface area contributed by atoms with Crippen molar-refractivity contribution in [2.45, 2.75) is 38.6 Å². The Hall–Kier alpha value is -0.770. The first-order valence-electron chi connectivity index (χ1n) is 6.65. The molecule has 0 radical (unpaired) electrons. The summed E-state index contributed by atoms with van der Waals surface area (Å²) in [5.74, 6) is 2.30. The molecule has 98 valence electrons. The smallest absolute Gasteiger partial charge is 0.191 e. The molecule has 2 aliphatic rings. The van der Waals surface area contributed by atoms with E-state index in [-0.39, 0.29) is 5.54 Å². The number of methoxy groups -OCH3 is 1. The molecule has 1 fully saturated rings. The van der Waals surface area contributed by atoms with E-state index in [4.69, 9.17) is 10.5 Å². The molecule has 0 aromatic carbocycles. The maximum absolute atomic E-state index is 6.03. The molecule has 0 aromatic heterocycles. The average molecular weight is 239 g/mol. The summed E-state index contributed by atoms with van der Waals surface area (Å²) in [5.41, 5.74) is 6.21. The monoisotopic (exact) mass is 239 g/mol. The molecule has 4 nitrogen and oxygen atoms in total. The quantitative estimate of drug-likeness (QED) is 0.811. The first kappa shape index (κ1) is 12.7. The molecule has 1 saturated carbocycles. The molecular formula is C13H25N3O. The predicted octanol–water partition coefficient (Wildman–Crippen LogP) is 1.46. The van der Waals surface area contributed by atoms with Crippen molar-refractivity contribution in [3.05, 3.63) is 0 Å². The Morgan fingerprint density at radius 1 is 1.47 bits per heavy atom. The third-order valence-corrected chi connectivity index (χ3v) is 4.64. The summed E-state index contributed by atoms with van der Waals surface area (Å²) in [5, 5.41) is 0. The molecule has 1 heterocycles. The van der Waals surface area contributed by atoms with E-state index in [2.05, 4.69) is 23.7 Å². The van der Waals surface area contributed by atoms with Gasteiger partial charge < -0.3 is 15.4 Å². The molecule has 0 aromatic rings. The van der Waals surface area contributed by atoms with Gasteiger partial charge in [0.1, 0.15) is 0 Å². The number of nitrogens with two attached hydrogens (primary N) is 1. The summed E-state index contributed by atoms with van der Waals surface area (Å²) >= 11 is 0. The van der Waals surface area contributed by atoms with Crippen LogP contribution in [0.25, 0.3) is 0 Å². The third-order valence-electron chi connectivity index (χ3n) is 4.64. The molecule has 17 heavy (non-hydrogen) atoms. The number of hydrogen-bond acceptors (Lipinski definition) is 4. The zero-order chi connectivity index (χ0) is 12.5. The highest BCUT2D eigenvalue weighted by atomic mass is 16.5. The highest BCUT2D eigenvalue weighted by molar-refractivity contribution is 5.81. The van der Waals surface area contributed by atoms with Crippen molar-refractivity contribution >= 4 is 5.96 Å². The van der Waals surface area contributed by atoms with E-state index < -0.39 is 0 Å². The lowest BCUT2D eigenvalue weighted by Crippen LogP contribution is -2.55. The van der Waals surface area contributed by atoms with Crippen LogP contribution in [0.3, 0.4) is 0 Å². The zero-order valence-corrected chi connectivity index (χ0v) is 11.3. The normalized spacial score (nSPS) is 37.6. The molecule has 1 aliphatic heterocycles. The van der Waals surface area contributed by atoms with E-state index in [9.17, 15) is 0 Å². The number of rotatable bonds is 3. The highest BCUT2D eigenvalue weighted by Crippen LogP contribution is 2.41. The first-order chi connectivity index (χ1) is 8.09. The second-order valence-electron chi connectivity index (χ2n) is 5.74. The van der Waals surface area contributed by atoms with Crippen molar-refractivity contribution in [2.75, 3.05) is 26.8 Å². The fraction of sp³-hybridized carbons (Fsp3) is 0.923. The Balaban J connectivity index is 2.08. The summed E-state index contributed by atoms with van der Waals surface area (Å²) < 4.78 is 5.18. The minimum absolute atomic E-state index is 0.189. The second kappa shape index (κ2) is 4.84. The summed E-state index contributed by atoms with van der Waals surface area (Å²) in [7, 11) is 1.74. The van der Waals surface area contributed by atoms with E-state index in [1.54, 1.807) is 7.11 Å². The number of aliphatic imine (C=N–C) groups is 1. The van der Waals surface area contributed by atoms with Crippen LogP contribution in [0.2, 0.25) is 0 Å². The Morgan fingerprint density at radius 3 is 2.88 bits per heavy atom. The largest absolute Gasteiger partial charge is 0.383 e. The van der Waals surface area contributed by atoms with Crippen molar-refractivity contribution in [1.82, 2.24) is 4.90 Å². The average Bonchev–Trinajstić information content (AvgIpc) is 2.60. The maximum atomic E-state index is 6.03. The lowest BCUT2D eigenvalue weighted by atomic mass is 9.71. The van der Waals surface area contributed by atoms with Crippen LogP contribution < -0.4 is 5.73 Å². The minimum Gasteiger partial charge on any atom is -0.383 e. The zero-order valence-electron chi connectivity index (χ0n) is 11.3. The molecule has 1 aliphatic carbocycles. The maximum Gasteiger partial charge on any atom is 0.191 e. The van der Waals surface area contributed by atoms with E-state index in [1.807, 2.05) is 0 Å². The fourth-order valence-corrected chi connectivity index (χ4v) is 3.25. The first-order valence-corrected chi connectivity index (χ1v) is 6.65. The topological polar surface area (TPSA) is 50.9 Å². The van der Waals surface area contributed by atoms with Gasteiger partial charge in [-0.3, -0.25) is 4.99 Å². The SMILES string of the molecule is COCCN1C(N)=NCC12CCC(C)C(C)C2. The van der Waals surface area contributed by atoms with Crippen molar-refractivity contribution in [1.29, 1.82) is 0 Å². The van der Waals surface area contributed by atoms with Gasteiger partial charge in [0.15, 0.2) is 5.96 Å². The Bertz CT molecular complexity index is 305. The minimum atomic E-state index is 0.189. The van der Waals surface area contributed by atoms with Gasteiger partial charge in [0.05, 0.1) is 18.7 Å². The highest BCUT2D eigenvalue weighted by Gasteiger charge is 2.45. The summed E-state index contributed by atoms with van der Waals surface area (Å²) in [4.78, 5) is 6.76. The van der Waals surface area contributed by atoms with Crippen LogP contribution in [-0.2, 0) is 4.74 Å². The van der Waals surface area contributed by atoms with E-state index >= 15 is 0 Å². The lowest BCUT2D eigenvalue weighted by molar-refractivity contribution is 0.0644. The van der Waals surface area contributed by atoms with Gasteiger partial charge >= 0.3 is 0 Å².